The van der Waals surface area contributed by atoms with Gasteiger partial charge in [-0.1, -0.05) is 20.8 Å². The Morgan fingerprint density at radius 1 is 1.25 bits per heavy atom. The summed E-state index contributed by atoms with van der Waals surface area (Å²) in [5.41, 5.74) is 0.451. The average Bonchev–Trinajstić information content (AvgIpc) is 2.06. The van der Waals surface area contributed by atoms with Crippen LogP contribution in [0.25, 0.3) is 0 Å². The molecule has 0 aliphatic heterocycles. The van der Waals surface area contributed by atoms with Crippen molar-refractivity contribution in [3.63, 3.8) is 0 Å². The fourth-order valence-electron chi connectivity index (χ4n) is 2.39. The molecule has 0 aromatic carbocycles. The van der Waals surface area contributed by atoms with Gasteiger partial charge in [-0.25, -0.2) is 0 Å². The van der Waals surface area contributed by atoms with Gasteiger partial charge in [0.15, 0.2) is 0 Å². The van der Waals surface area contributed by atoms with Gasteiger partial charge in [0, 0.05) is 5.54 Å². The van der Waals surface area contributed by atoms with Crippen molar-refractivity contribution in [3.05, 3.63) is 0 Å². The van der Waals surface area contributed by atoms with Crippen molar-refractivity contribution in [2.45, 2.75) is 52.0 Å². The van der Waals surface area contributed by atoms with Gasteiger partial charge < -0.3 is 5.32 Å². The van der Waals surface area contributed by atoms with Crippen molar-refractivity contribution in [2.75, 3.05) is 7.05 Å². The molecular formula is C11H23N. The van der Waals surface area contributed by atoms with Gasteiger partial charge in [0.2, 0.25) is 0 Å². The van der Waals surface area contributed by atoms with Crippen molar-refractivity contribution in [2.24, 2.45) is 11.8 Å². The van der Waals surface area contributed by atoms with Crippen LogP contribution in [-0.2, 0) is 0 Å². The standard InChI is InChI=1S/C11H23N/c1-9(2)11(12-4)7-5-10(3)6-8-11/h9-10,12H,5-8H2,1-4H3. The molecule has 0 saturated heterocycles. The molecule has 0 aromatic heterocycles. The lowest BCUT2D eigenvalue weighted by molar-refractivity contribution is 0.151. The summed E-state index contributed by atoms with van der Waals surface area (Å²) < 4.78 is 0. The Morgan fingerprint density at radius 3 is 2.08 bits per heavy atom. The minimum absolute atomic E-state index is 0.451. The maximum absolute atomic E-state index is 3.54. The number of nitrogens with one attached hydrogen (secondary N) is 1. The summed E-state index contributed by atoms with van der Waals surface area (Å²) in [7, 11) is 2.12. The third-order valence-electron chi connectivity index (χ3n) is 3.77. The normalized spacial score (nSPS) is 37.2. The van der Waals surface area contributed by atoms with Gasteiger partial charge in [-0.3, -0.25) is 0 Å². The lowest BCUT2D eigenvalue weighted by Gasteiger charge is -2.42. The largest absolute Gasteiger partial charge is 0.314 e. The van der Waals surface area contributed by atoms with E-state index in [-0.39, 0.29) is 0 Å². The highest BCUT2D eigenvalue weighted by atomic mass is 14.9. The Morgan fingerprint density at radius 2 is 1.75 bits per heavy atom. The van der Waals surface area contributed by atoms with E-state index in [9.17, 15) is 0 Å². The molecule has 0 bridgehead atoms. The number of hydrogen-bond donors (Lipinski definition) is 1. The molecule has 12 heavy (non-hydrogen) atoms. The first kappa shape index (κ1) is 10.0. The second-order valence-electron chi connectivity index (χ2n) is 4.74. The van der Waals surface area contributed by atoms with Crippen LogP contribution in [0.15, 0.2) is 0 Å². The van der Waals surface area contributed by atoms with E-state index in [1.165, 1.54) is 25.7 Å². The molecule has 1 N–H and O–H groups in total. The molecule has 1 aliphatic carbocycles. The molecule has 0 unspecified atom stereocenters. The van der Waals surface area contributed by atoms with Crippen LogP contribution in [0.1, 0.15) is 46.5 Å². The van der Waals surface area contributed by atoms with Crippen LogP contribution in [0.2, 0.25) is 0 Å². The molecule has 1 aliphatic rings. The van der Waals surface area contributed by atoms with Crippen molar-refractivity contribution in [1.29, 1.82) is 0 Å². The third-order valence-corrected chi connectivity index (χ3v) is 3.77. The van der Waals surface area contributed by atoms with Crippen LogP contribution in [-0.4, -0.2) is 12.6 Å². The Kier molecular flexibility index (Phi) is 3.16. The maximum Gasteiger partial charge on any atom is 0.0201 e. The molecule has 0 atom stereocenters. The zero-order valence-corrected chi connectivity index (χ0v) is 8.98. The SMILES string of the molecule is CNC1(C(C)C)CCC(C)CC1. The molecule has 1 nitrogen and oxygen atoms in total. The minimum atomic E-state index is 0.451. The first-order valence-electron chi connectivity index (χ1n) is 5.29. The van der Waals surface area contributed by atoms with E-state index >= 15 is 0 Å². The van der Waals surface area contributed by atoms with E-state index < -0.39 is 0 Å². The van der Waals surface area contributed by atoms with Crippen LogP contribution in [0.3, 0.4) is 0 Å². The Labute approximate surface area is 76.9 Å². The molecule has 0 amide bonds. The van der Waals surface area contributed by atoms with Gasteiger partial charge in [0.25, 0.3) is 0 Å². The predicted octanol–water partition coefficient (Wildman–Crippen LogP) is 2.81. The van der Waals surface area contributed by atoms with Crippen molar-refractivity contribution in [1.82, 2.24) is 5.32 Å². The molecule has 0 radical (unpaired) electrons. The van der Waals surface area contributed by atoms with Crippen LogP contribution in [0.5, 0.6) is 0 Å². The van der Waals surface area contributed by atoms with Crippen LogP contribution in [0.4, 0.5) is 0 Å². The number of rotatable bonds is 2. The van der Waals surface area contributed by atoms with Gasteiger partial charge in [0.1, 0.15) is 0 Å². The second-order valence-corrected chi connectivity index (χ2v) is 4.74. The van der Waals surface area contributed by atoms with Crippen LogP contribution < -0.4 is 5.32 Å². The molecule has 1 saturated carbocycles. The highest BCUT2D eigenvalue weighted by molar-refractivity contribution is 4.93. The van der Waals surface area contributed by atoms with E-state index in [4.69, 9.17) is 0 Å². The summed E-state index contributed by atoms with van der Waals surface area (Å²) in [5, 5.41) is 3.54. The molecule has 72 valence electrons. The highest BCUT2D eigenvalue weighted by Crippen LogP contribution is 2.36. The molecule has 1 heteroatoms. The molecule has 0 heterocycles. The maximum atomic E-state index is 3.54. The summed E-state index contributed by atoms with van der Waals surface area (Å²) >= 11 is 0. The van der Waals surface area contributed by atoms with Crippen molar-refractivity contribution in [3.8, 4) is 0 Å². The van der Waals surface area contributed by atoms with Gasteiger partial charge in [-0.15, -0.1) is 0 Å². The van der Waals surface area contributed by atoms with Gasteiger partial charge in [-0.05, 0) is 44.6 Å². The van der Waals surface area contributed by atoms with E-state index in [0.717, 1.165) is 11.8 Å². The van der Waals surface area contributed by atoms with E-state index in [0.29, 0.717) is 5.54 Å². The van der Waals surface area contributed by atoms with E-state index in [1.807, 2.05) is 0 Å². The number of hydrogen-bond acceptors (Lipinski definition) is 1. The second kappa shape index (κ2) is 3.78. The highest BCUT2D eigenvalue weighted by Gasteiger charge is 2.34. The van der Waals surface area contributed by atoms with Crippen molar-refractivity contribution < 1.29 is 0 Å². The zero-order valence-electron chi connectivity index (χ0n) is 8.98. The van der Waals surface area contributed by atoms with Gasteiger partial charge >= 0.3 is 0 Å². The summed E-state index contributed by atoms with van der Waals surface area (Å²) in [6, 6.07) is 0. The third kappa shape index (κ3) is 1.82. The average molecular weight is 169 g/mol. The summed E-state index contributed by atoms with van der Waals surface area (Å²) in [5.74, 6) is 1.72. The lowest BCUT2D eigenvalue weighted by atomic mass is 9.71. The minimum Gasteiger partial charge on any atom is -0.314 e. The lowest BCUT2D eigenvalue weighted by Crippen LogP contribution is -2.49. The topological polar surface area (TPSA) is 12.0 Å². The summed E-state index contributed by atoms with van der Waals surface area (Å²) in [4.78, 5) is 0. The molecular weight excluding hydrogens is 146 g/mol. The zero-order chi connectivity index (χ0) is 9.19. The first-order chi connectivity index (χ1) is 5.60. The molecule has 0 spiro atoms. The van der Waals surface area contributed by atoms with Crippen LogP contribution >= 0.6 is 0 Å². The quantitative estimate of drug-likeness (QED) is 0.670. The molecule has 1 fully saturated rings. The van der Waals surface area contributed by atoms with Gasteiger partial charge in [0.05, 0.1) is 0 Å². The monoisotopic (exact) mass is 169 g/mol. The summed E-state index contributed by atoms with van der Waals surface area (Å²) in [6.45, 7) is 7.05. The first-order valence-corrected chi connectivity index (χ1v) is 5.29. The van der Waals surface area contributed by atoms with E-state index in [2.05, 4.69) is 33.1 Å². The Balaban J connectivity index is 2.57. The van der Waals surface area contributed by atoms with Crippen molar-refractivity contribution >= 4 is 0 Å². The Hall–Kier alpha value is -0.0400. The van der Waals surface area contributed by atoms with Crippen LogP contribution in [0, 0.1) is 11.8 Å². The van der Waals surface area contributed by atoms with E-state index in [1.54, 1.807) is 0 Å². The Bertz CT molecular complexity index is 132. The van der Waals surface area contributed by atoms with Gasteiger partial charge in [-0.2, -0.15) is 0 Å². The smallest absolute Gasteiger partial charge is 0.0201 e. The fraction of sp³-hybridized carbons (Fsp3) is 1.00. The summed E-state index contributed by atoms with van der Waals surface area (Å²) in [6.07, 6.45) is 5.53. The molecule has 1 rings (SSSR count). The molecule has 0 aromatic rings. The fourth-order valence-corrected chi connectivity index (χ4v) is 2.39. The predicted molar refractivity (Wildman–Crippen MR) is 54.3 cm³/mol.